The van der Waals surface area contributed by atoms with Gasteiger partial charge >= 0.3 is 5.69 Å². The van der Waals surface area contributed by atoms with Crippen molar-refractivity contribution in [3.63, 3.8) is 0 Å². The lowest BCUT2D eigenvalue weighted by Gasteiger charge is -2.06. The fraction of sp³-hybridized carbons (Fsp3) is 0.312. The molecule has 0 N–H and O–H groups in total. The van der Waals surface area contributed by atoms with Gasteiger partial charge in [0.25, 0.3) is 5.56 Å². The van der Waals surface area contributed by atoms with Crippen LogP contribution in [0, 0.1) is 0 Å². The first kappa shape index (κ1) is 16.6. The zero-order valence-corrected chi connectivity index (χ0v) is 14.9. The van der Waals surface area contributed by atoms with Gasteiger partial charge in [-0.2, -0.15) is 0 Å². The number of imidazole rings is 1. The molecule has 0 aliphatic rings. The first-order chi connectivity index (χ1) is 11.4. The summed E-state index contributed by atoms with van der Waals surface area (Å²) in [6.07, 6.45) is 0.995. The molecule has 1 aromatic carbocycles. The van der Waals surface area contributed by atoms with Gasteiger partial charge in [0.05, 0.1) is 0 Å². The molecule has 0 unspecified atom stereocenters. The molecule has 0 amide bonds. The quantitative estimate of drug-likeness (QED) is 0.662. The van der Waals surface area contributed by atoms with Crippen molar-refractivity contribution in [3.05, 3.63) is 45.1 Å². The summed E-state index contributed by atoms with van der Waals surface area (Å²) in [5.41, 5.74) is 1.29. The Morgan fingerprint density at radius 2 is 1.71 bits per heavy atom. The fourth-order valence-electron chi connectivity index (χ4n) is 2.66. The van der Waals surface area contributed by atoms with Crippen molar-refractivity contribution >= 4 is 35.7 Å². The van der Waals surface area contributed by atoms with Crippen LogP contribution < -0.4 is 16.7 Å². The van der Waals surface area contributed by atoms with Gasteiger partial charge in [-0.1, -0.05) is 42.6 Å². The van der Waals surface area contributed by atoms with Crippen molar-refractivity contribution in [2.75, 3.05) is 0 Å². The molecule has 3 rings (SSSR count). The van der Waals surface area contributed by atoms with Crippen LogP contribution in [0.15, 0.2) is 43.9 Å². The number of fused-ring (bicyclic) bond motifs is 1. The Balaban J connectivity index is 2.06. The number of aryl methyl sites for hydroxylation is 2. The highest BCUT2D eigenvalue weighted by atomic mass is 32.2. The van der Waals surface area contributed by atoms with E-state index in [1.54, 1.807) is 11.6 Å². The first-order valence-corrected chi connectivity index (χ1v) is 8.49. The highest BCUT2D eigenvalue weighted by Gasteiger charge is 2.17. The Morgan fingerprint density at radius 3 is 2.33 bits per heavy atom. The maximum absolute atomic E-state index is 12.3. The molecule has 24 heavy (non-hydrogen) atoms. The number of rotatable bonds is 4. The molecule has 0 spiro atoms. The minimum absolute atomic E-state index is 0.306. The van der Waals surface area contributed by atoms with E-state index >= 15 is 0 Å². The van der Waals surface area contributed by atoms with E-state index in [9.17, 15) is 9.59 Å². The SMILES string of the molecule is CC[B]c1ccc(Sc2nc3c(=O)n(C)c(=O)n(C)c3n2C)cc1. The van der Waals surface area contributed by atoms with E-state index in [0.717, 1.165) is 15.8 Å². The zero-order valence-electron chi connectivity index (χ0n) is 14.1. The Morgan fingerprint density at radius 1 is 1.04 bits per heavy atom. The summed E-state index contributed by atoms with van der Waals surface area (Å²) in [6.45, 7) is 2.10. The fourth-order valence-corrected chi connectivity index (χ4v) is 3.51. The standard InChI is InChI=1S/C16H18BN4O2S/c1-5-17-10-6-8-11(9-7-10)24-15-18-12-13(19(15)2)20(3)16(23)21(4)14(12)22/h6-9H,5H2,1-4H3. The Kier molecular flexibility index (Phi) is 4.40. The largest absolute Gasteiger partial charge is 0.332 e. The predicted molar refractivity (Wildman–Crippen MR) is 97.6 cm³/mol. The molecule has 3 aromatic rings. The molecule has 6 nitrogen and oxygen atoms in total. The van der Waals surface area contributed by atoms with E-state index in [4.69, 9.17) is 0 Å². The molecular formula is C16H18BN4O2S. The third-order valence-electron chi connectivity index (χ3n) is 3.95. The molecule has 0 bridgehead atoms. The van der Waals surface area contributed by atoms with Gasteiger partial charge in [-0.3, -0.25) is 13.9 Å². The maximum Gasteiger partial charge on any atom is 0.332 e. The topological polar surface area (TPSA) is 61.8 Å². The van der Waals surface area contributed by atoms with Gasteiger partial charge in [0.2, 0.25) is 0 Å². The van der Waals surface area contributed by atoms with Crippen LogP contribution in [0.3, 0.4) is 0 Å². The summed E-state index contributed by atoms with van der Waals surface area (Å²) in [4.78, 5) is 29.9. The van der Waals surface area contributed by atoms with E-state index in [1.807, 2.05) is 19.2 Å². The van der Waals surface area contributed by atoms with Gasteiger partial charge in [-0.15, -0.1) is 0 Å². The molecule has 0 saturated carbocycles. The lowest BCUT2D eigenvalue weighted by Crippen LogP contribution is -2.37. The summed E-state index contributed by atoms with van der Waals surface area (Å²) in [5.74, 6) is 0. The Labute approximate surface area is 144 Å². The van der Waals surface area contributed by atoms with Crippen LogP contribution >= 0.6 is 11.8 Å². The molecule has 2 heterocycles. The highest BCUT2D eigenvalue weighted by Crippen LogP contribution is 2.27. The monoisotopic (exact) mass is 341 g/mol. The van der Waals surface area contributed by atoms with Gasteiger partial charge in [0, 0.05) is 26.0 Å². The average Bonchev–Trinajstić information content (AvgIpc) is 2.90. The van der Waals surface area contributed by atoms with Crippen LogP contribution in [0.4, 0.5) is 0 Å². The third kappa shape index (κ3) is 2.71. The average molecular weight is 341 g/mol. The summed E-state index contributed by atoms with van der Waals surface area (Å²) in [7, 11) is 7.09. The van der Waals surface area contributed by atoms with Crippen LogP contribution in [0.2, 0.25) is 6.32 Å². The molecule has 8 heteroatoms. The van der Waals surface area contributed by atoms with E-state index < -0.39 is 0 Å². The van der Waals surface area contributed by atoms with E-state index in [-0.39, 0.29) is 11.2 Å². The molecule has 1 radical (unpaired) electrons. The molecule has 0 saturated heterocycles. The summed E-state index contributed by atoms with van der Waals surface area (Å²) >= 11 is 1.47. The van der Waals surface area contributed by atoms with Crippen molar-refractivity contribution in [1.82, 2.24) is 18.7 Å². The lowest BCUT2D eigenvalue weighted by atomic mass is 9.68. The summed E-state index contributed by atoms with van der Waals surface area (Å²) in [6, 6.07) is 8.18. The Hall–Kier alpha value is -2.22. The summed E-state index contributed by atoms with van der Waals surface area (Å²) < 4.78 is 4.32. The zero-order chi connectivity index (χ0) is 17.4. The summed E-state index contributed by atoms with van der Waals surface area (Å²) in [5, 5.41) is 0.676. The first-order valence-electron chi connectivity index (χ1n) is 7.67. The molecule has 0 aliphatic heterocycles. The highest BCUT2D eigenvalue weighted by molar-refractivity contribution is 7.99. The van der Waals surface area contributed by atoms with Crippen LogP contribution in [0.5, 0.6) is 0 Å². The molecular weight excluding hydrogens is 323 g/mol. The molecule has 123 valence electrons. The van der Waals surface area contributed by atoms with Gasteiger partial charge in [-0.05, 0) is 12.1 Å². The normalized spacial score (nSPS) is 11.2. The number of hydrogen-bond donors (Lipinski definition) is 0. The van der Waals surface area contributed by atoms with Gasteiger partial charge in [0.1, 0.15) is 0 Å². The van der Waals surface area contributed by atoms with Gasteiger partial charge in [-0.25, -0.2) is 9.78 Å². The van der Waals surface area contributed by atoms with E-state index in [0.29, 0.717) is 16.3 Å². The smallest absolute Gasteiger partial charge is 0.308 e. The predicted octanol–water partition coefficient (Wildman–Crippen LogP) is 0.890. The van der Waals surface area contributed by atoms with E-state index in [1.165, 1.54) is 28.8 Å². The number of nitrogens with zero attached hydrogens (tertiary/aromatic N) is 4. The number of aromatic nitrogens is 4. The number of benzene rings is 1. The molecule has 0 aliphatic carbocycles. The molecule has 0 fully saturated rings. The number of hydrogen-bond acceptors (Lipinski definition) is 4. The van der Waals surface area contributed by atoms with Crippen molar-refractivity contribution in [3.8, 4) is 0 Å². The van der Waals surface area contributed by atoms with Crippen molar-refractivity contribution in [2.24, 2.45) is 21.1 Å². The van der Waals surface area contributed by atoms with Crippen molar-refractivity contribution in [1.29, 1.82) is 0 Å². The second-order valence-electron chi connectivity index (χ2n) is 5.61. The molecule has 0 atom stereocenters. The van der Waals surface area contributed by atoms with Crippen LogP contribution in [0.1, 0.15) is 6.92 Å². The third-order valence-corrected chi connectivity index (χ3v) is 5.01. The second-order valence-corrected chi connectivity index (χ2v) is 6.66. The minimum Gasteiger partial charge on any atom is -0.308 e. The Bertz CT molecular complexity index is 1020. The lowest BCUT2D eigenvalue weighted by molar-refractivity contribution is 0.690. The van der Waals surface area contributed by atoms with E-state index in [2.05, 4.69) is 31.3 Å². The molecule has 2 aromatic heterocycles. The van der Waals surface area contributed by atoms with Crippen LogP contribution in [-0.2, 0) is 21.1 Å². The minimum atomic E-state index is -0.372. The maximum atomic E-state index is 12.3. The van der Waals surface area contributed by atoms with Crippen molar-refractivity contribution in [2.45, 2.75) is 23.3 Å². The van der Waals surface area contributed by atoms with Crippen molar-refractivity contribution < 1.29 is 0 Å². The van der Waals surface area contributed by atoms with Crippen LogP contribution in [-0.4, -0.2) is 26.0 Å². The van der Waals surface area contributed by atoms with Crippen LogP contribution in [0.25, 0.3) is 11.2 Å². The second kappa shape index (κ2) is 6.35. The van der Waals surface area contributed by atoms with Gasteiger partial charge < -0.3 is 4.57 Å². The van der Waals surface area contributed by atoms with Gasteiger partial charge in [0.15, 0.2) is 23.6 Å².